The van der Waals surface area contributed by atoms with Crippen LogP contribution in [0.25, 0.3) is 0 Å². The van der Waals surface area contributed by atoms with Crippen LogP contribution in [0.15, 0.2) is 24.3 Å². The maximum atomic E-state index is 10.2. The highest BCUT2D eigenvalue weighted by molar-refractivity contribution is 5.85. The molecule has 0 unspecified atom stereocenters. The van der Waals surface area contributed by atoms with Crippen molar-refractivity contribution >= 4 is 30.5 Å². The number of nitro groups is 1. The Morgan fingerprint density at radius 3 is 2.14 bits per heavy atom. The topological polar surface area (TPSA) is 81.2 Å². The molecule has 80 valence electrons. The van der Waals surface area contributed by atoms with E-state index >= 15 is 0 Å². The Labute approximate surface area is 93.6 Å². The van der Waals surface area contributed by atoms with Crippen LogP contribution in [0.3, 0.4) is 0 Å². The van der Waals surface area contributed by atoms with Gasteiger partial charge in [-0.25, -0.2) is 0 Å². The zero-order valence-electron chi connectivity index (χ0n) is 7.17. The molecule has 0 bridgehead atoms. The second-order valence-electron chi connectivity index (χ2n) is 2.30. The van der Waals surface area contributed by atoms with Gasteiger partial charge in [-0.05, 0) is 5.56 Å². The predicted molar refractivity (Wildman–Crippen MR) is 58.6 cm³/mol. The third-order valence-electron chi connectivity index (χ3n) is 1.45. The van der Waals surface area contributed by atoms with Crippen molar-refractivity contribution < 1.29 is 4.92 Å². The van der Waals surface area contributed by atoms with Crippen LogP contribution < -0.4 is 11.3 Å². The third-order valence-corrected chi connectivity index (χ3v) is 1.45. The minimum atomic E-state index is -0.431. The molecule has 0 aliphatic rings. The van der Waals surface area contributed by atoms with Crippen LogP contribution >= 0.6 is 24.8 Å². The van der Waals surface area contributed by atoms with Gasteiger partial charge in [0.2, 0.25) is 0 Å². The number of nitrogens with two attached hydrogens (primary N) is 1. The van der Waals surface area contributed by atoms with Crippen molar-refractivity contribution in [2.75, 3.05) is 0 Å². The van der Waals surface area contributed by atoms with Gasteiger partial charge in [0.05, 0.1) is 4.92 Å². The lowest BCUT2D eigenvalue weighted by atomic mass is 10.2. The third kappa shape index (κ3) is 4.38. The lowest BCUT2D eigenvalue weighted by Gasteiger charge is -1.97. The molecule has 0 radical (unpaired) electrons. The first-order valence-corrected chi connectivity index (χ1v) is 3.41. The molecule has 3 N–H and O–H groups in total. The number of nitrogens with zero attached hydrogens (tertiary/aromatic N) is 1. The highest BCUT2D eigenvalue weighted by atomic mass is 35.5. The van der Waals surface area contributed by atoms with Crippen molar-refractivity contribution in [1.29, 1.82) is 0 Å². The van der Waals surface area contributed by atoms with E-state index in [4.69, 9.17) is 5.84 Å². The molecule has 0 amide bonds. The van der Waals surface area contributed by atoms with E-state index in [1.807, 2.05) is 0 Å². The normalized spacial score (nSPS) is 8.36. The molecule has 0 aliphatic heterocycles. The Balaban J connectivity index is 0. The van der Waals surface area contributed by atoms with Crippen molar-refractivity contribution in [1.82, 2.24) is 5.43 Å². The van der Waals surface area contributed by atoms with Gasteiger partial charge in [0.25, 0.3) is 5.69 Å². The fourth-order valence-corrected chi connectivity index (χ4v) is 0.853. The van der Waals surface area contributed by atoms with E-state index in [-0.39, 0.29) is 30.5 Å². The van der Waals surface area contributed by atoms with Crippen LogP contribution in [0.1, 0.15) is 5.56 Å². The molecule has 1 aromatic rings. The smallest absolute Gasteiger partial charge is 0.269 e. The molecular formula is C7H11Cl2N3O2. The standard InChI is InChI=1S/C7H9N3O2.2ClH/c8-9-5-6-1-3-7(4-2-6)10(11)12;;/h1-4,9H,5,8H2;2*1H. The van der Waals surface area contributed by atoms with E-state index in [1.165, 1.54) is 12.1 Å². The fourth-order valence-electron chi connectivity index (χ4n) is 0.853. The second kappa shape index (κ2) is 7.52. The molecule has 0 heterocycles. The summed E-state index contributed by atoms with van der Waals surface area (Å²) in [5.41, 5.74) is 3.48. The molecule has 0 spiro atoms. The first kappa shape index (κ1) is 15.6. The summed E-state index contributed by atoms with van der Waals surface area (Å²) in [5.74, 6) is 5.07. The molecule has 1 aromatic carbocycles. The van der Waals surface area contributed by atoms with Crippen LogP contribution in [0.4, 0.5) is 5.69 Å². The summed E-state index contributed by atoms with van der Waals surface area (Å²) in [6, 6.07) is 6.23. The van der Waals surface area contributed by atoms with Crippen molar-refractivity contribution in [2.45, 2.75) is 6.54 Å². The molecule has 14 heavy (non-hydrogen) atoms. The Morgan fingerprint density at radius 2 is 1.79 bits per heavy atom. The quantitative estimate of drug-likeness (QED) is 0.475. The highest BCUT2D eigenvalue weighted by Crippen LogP contribution is 2.11. The number of nitro benzene ring substituents is 1. The zero-order chi connectivity index (χ0) is 8.97. The van der Waals surface area contributed by atoms with E-state index in [0.29, 0.717) is 6.54 Å². The summed E-state index contributed by atoms with van der Waals surface area (Å²) in [4.78, 5) is 9.80. The molecule has 0 atom stereocenters. The summed E-state index contributed by atoms with van der Waals surface area (Å²) in [6.45, 7) is 0.512. The molecule has 0 fully saturated rings. The summed E-state index contributed by atoms with van der Waals surface area (Å²) in [5, 5.41) is 10.2. The molecular weight excluding hydrogens is 229 g/mol. The first-order chi connectivity index (χ1) is 5.74. The number of nitrogens with one attached hydrogen (secondary N) is 1. The van der Waals surface area contributed by atoms with Crippen LogP contribution in [0, 0.1) is 10.1 Å². The van der Waals surface area contributed by atoms with Crippen molar-refractivity contribution in [3.8, 4) is 0 Å². The van der Waals surface area contributed by atoms with Gasteiger partial charge < -0.3 is 0 Å². The molecule has 0 saturated heterocycles. The average molecular weight is 240 g/mol. The van der Waals surface area contributed by atoms with Crippen LogP contribution in [-0.2, 0) is 6.54 Å². The van der Waals surface area contributed by atoms with Gasteiger partial charge >= 0.3 is 0 Å². The van der Waals surface area contributed by atoms with Gasteiger partial charge in [-0.2, -0.15) is 0 Å². The SMILES string of the molecule is Cl.Cl.NNCc1ccc([N+](=O)[O-])cc1. The van der Waals surface area contributed by atoms with E-state index in [9.17, 15) is 10.1 Å². The number of benzene rings is 1. The van der Waals surface area contributed by atoms with Crippen LogP contribution in [0.5, 0.6) is 0 Å². The Hall–Kier alpha value is -0.880. The Morgan fingerprint density at radius 1 is 1.29 bits per heavy atom. The lowest BCUT2D eigenvalue weighted by Crippen LogP contribution is -2.20. The number of rotatable bonds is 3. The zero-order valence-corrected chi connectivity index (χ0v) is 8.81. The van der Waals surface area contributed by atoms with Crippen molar-refractivity contribution in [3.05, 3.63) is 39.9 Å². The fraction of sp³-hybridized carbons (Fsp3) is 0.143. The van der Waals surface area contributed by atoms with Gasteiger partial charge in [0.1, 0.15) is 0 Å². The van der Waals surface area contributed by atoms with Crippen LogP contribution in [-0.4, -0.2) is 4.92 Å². The minimum Gasteiger partial charge on any atom is -0.271 e. The molecule has 0 saturated carbocycles. The first-order valence-electron chi connectivity index (χ1n) is 3.41. The molecule has 1 rings (SSSR count). The summed E-state index contributed by atoms with van der Waals surface area (Å²) < 4.78 is 0. The van der Waals surface area contributed by atoms with Gasteiger partial charge in [-0.1, -0.05) is 12.1 Å². The Kier molecular flexibility index (Phi) is 8.37. The second-order valence-corrected chi connectivity index (χ2v) is 2.30. The Bertz CT molecular complexity index is 279. The summed E-state index contributed by atoms with van der Waals surface area (Å²) in [7, 11) is 0. The maximum absolute atomic E-state index is 10.2. The maximum Gasteiger partial charge on any atom is 0.269 e. The van der Waals surface area contributed by atoms with Crippen LogP contribution in [0.2, 0.25) is 0 Å². The van der Waals surface area contributed by atoms with Crippen molar-refractivity contribution in [3.63, 3.8) is 0 Å². The highest BCUT2D eigenvalue weighted by Gasteiger charge is 2.02. The molecule has 0 aromatic heterocycles. The van der Waals surface area contributed by atoms with E-state index in [2.05, 4.69) is 5.43 Å². The molecule has 5 nitrogen and oxygen atoms in total. The van der Waals surface area contributed by atoms with Gasteiger partial charge in [0.15, 0.2) is 0 Å². The predicted octanol–water partition coefficient (Wildman–Crippen LogP) is 1.40. The lowest BCUT2D eigenvalue weighted by molar-refractivity contribution is -0.384. The number of hydrazine groups is 1. The number of hydrogen-bond acceptors (Lipinski definition) is 4. The number of halogens is 2. The number of non-ortho nitro benzene ring substituents is 1. The van der Waals surface area contributed by atoms with E-state index in [0.717, 1.165) is 5.56 Å². The van der Waals surface area contributed by atoms with Gasteiger partial charge in [-0.15, -0.1) is 24.8 Å². The van der Waals surface area contributed by atoms with Gasteiger partial charge in [0, 0.05) is 18.7 Å². The summed E-state index contributed by atoms with van der Waals surface area (Å²) >= 11 is 0. The van der Waals surface area contributed by atoms with Crippen molar-refractivity contribution in [2.24, 2.45) is 5.84 Å². The summed E-state index contributed by atoms with van der Waals surface area (Å²) in [6.07, 6.45) is 0. The molecule has 7 heteroatoms. The largest absolute Gasteiger partial charge is 0.271 e. The van der Waals surface area contributed by atoms with E-state index < -0.39 is 4.92 Å². The minimum absolute atomic E-state index is 0. The van der Waals surface area contributed by atoms with E-state index in [1.54, 1.807) is 12.1 Å². The number of hydrogen-bond donors (Lipinski definition) is 2. The monoisotopic (exact) mass is 239 g/mol. The van der Waals surface area contributed by atoms with Gasteiger partial charge in [-0.3, -0.25) is 21.4 Å². The average Bonchev–Trinajstić information content (AvgIpc) is 2.06. The molecule has 0 aliphatic carbocycles.